The monoisotopic (exact) mass is 313 g/mol. The third kappa shape index (κ3) is 3.01. The minimum absolute atomic E-state index is 0.104. The lowest BCUT2D eigenvalue weighted by Gasteiger charge is -2.26. The molecule has 0 aliphatic heterocycles. The molecule has 0 N–H and O–H groups in total. The second-order valence-corrected chi connectivity index (χ2v) is 4.91. The molecule has 1 aromatic carbocycles. The molecule has 0 aliphatic rings. The van der Waals surface area contributed by atoms with Crippen LogP contribution in [0.2, 0.25) is 0 Å². The molecule has 0 radical (unpaired) electrons. The first kappa shape index (κ1) is 15.0. The summed E-state index contributed by atoms with van der Waals surface area (Å²) in [6.07, 6.45) is 4.41. The Morgan fingerprint density at radius 2 is 2.13 bits per heavy atom. The number of carbonyl (C=O) groups excluding carboxylic acids is 1. The molecule has 0 fully saturated rings. The lowest BCUT2D eigenvalue weighted by atomic mass is 10.2. The molecule has 2 aromatic heterocycles. The van der Waals surface area contributed by atoms with E-state index in [1.54, 1.807) is 17.8 Å². The number of pyridine rings is 1. The Hall–Kier alpha value is -2.89. The van der Waals surface area contributed by atoms with Crippen LogP contribution in [0.1, 0.15) is 6.92 Å². The van der Waals surface area contributed by atoms with E-state index >= 15 is 0 Å². The van der Waals surface area contributed by atoms with Gasteiger partial charge in [-0.1, -0.05) is 18.2 Å². The van der Waals surface area contributed by atoms with Crippen molar-refractivity contribution in [3.05, 3.63) is 60.8 Å². The number of para-hydroxylation sites is 1. The highest BCUT2D eigenvalue weighted by Gasteiger charge is 2.19. The van der Waals surface area contributed by atoms with Gasteiger partial charge in [-0.25, -0.2) is 4.39 Å². The standard InChI is InChI=1S/C17H16FN3O2/c1-2-23-17(22)12-21(16-7-9-19-11-14(16)18)20-10-8-13-5-3-4-6-15(13)20/h3-11H,2,12H2,1H3. The second-order valence-electron chi connectivity index (χ2n) is 4.91. The molecule has 2 heterocycles. The summed E-state index contributed by atoms with van der Waals surface area (Å²) in [7, 11) is 0. The molecule has 3 rings (SSSR count). The van der Waals surface area contributed by atoms with Gasteiger partial charge in [-0.3, -0.25) is 19.5 Å². The van der Waals surface area contributed by atoms with Gasteiger partial charge < -0.3 is 4.74 Å². The lowest BCUT2D eigenvalue weighted by molar-refractivity contribution is -0.141. The Morgan fingerprint density at radius 3 is 2.91 bits per heavy atom. The molecular formula is C17H16FN3O2. The van der Waals surface area contributed by atoms with Crippen LogP contribution in [0, 0.1) is 5.82 Å². The maximum absolute atomic E-state index is 14.2. The maximum atomic E-state index is 14.2. The van der Waals surface area contributed by atoms with Crippen molar-refractivity contribution in [2.45, 2.75) is 6.92 Å². The van der Waals surface area contributed by atoms with Crippen LogP contribution in [0.5, 0.6) is 0 Å². The zero-order valence-electron chi connectivity index (χ0n) is 12.6. The number of esters is 1. The topological polar surface area (TPSA) is 47.4 Å². The number of carbonyl (C=O) groups is 1. The molecule has 5 nitrogen and oxygen atoms in total. The van der Waals surface area contributed by atoms with Crippen molar-refractivity contribution in [2.75, 3.05) is 18.2 Å². The fourth-order valence-corrected chi connectivity index (χ4v) is 2.46. The number of hydrogen-bond donors (Lipinski definition) is 0. The average molecular weight is 313 g/mol. The van der Waals surface area contributed by atoms with Crippen molar-refractivity contribution in [1.82, 2.24) is 9.66 Å². The van der Waals surface area contributed by atoms with Crippen molar-refractivity contribution in [3.8, 4) is 0 Å². The number of benzene rings is 1. The van der Waals surface area contributed by atoms with Gasteiger partial charge in [0.2, 0.25) is 0 Å². The third-order valence-corrected chi connectivity index (χ3v) is 3.45. The van der Waals surface area contributed by atoms with E-state index in [0.29, 0.717) is 0 Å². The van der Waals surface area contributed by atoms with E-state index in [0.717, 1.165) is 17.1 Å². The quantitative estimate of drug-likeness (QED) is 0.679. The first-order valence-electron chi connectivity index (χ1n) is 7.29. The number of rotatable bonds is 5. The zero-order valence-corrected chi connectivity index (χ0v) is 12.6. The van der Waals surface area contributed by atoms with E-state index in [1.807, 2.05) is 30.3 Å². The van der Waals surface area contributed by atoms with Crippen LogP contribution in [-0.2, 0) is 9.53 Å². The van der Waals surface area contributed by atoms with Crippen molar-refractivity contribution in [1.29, 1.82) is 0 Å². The molecule has 0 unspecified atom stereocenters. The fraction of sp³-hybridized carbons (Fsp3) is 0.176. The highest BCUT2D eigenvalue weighted by molar-refractivity contribution is 5.82. The molecule has 0 bridgehead atoms. The van der Waals surface area contributed by atoms with Gasteiger partial charge in [0, 0.05) is 17.8 Å². The van der Waals surface area contributed by atoms with E-state index in [-0.39, 0.29) is 18.8 Å². The molecule has 0 aliphatic carbocycles. The van der Waals surface area contributed by atoms with E-state index in [2.05, 4.69) is 4.98 Å². The highest BCUT2D eigenvalue weighted by Crippen LogP contribution is 2.23. The van der Waals surface area contributed by atoms with Crippen LogP contribution in [0.15, 0.2) is 55.0 Å². The van der Waals surface area contributed by atoms with E-state index in [4.69, 9.17) is 4.74 Å². The van der Waals surface area contributed by atoms with Crippen molar-refractivity contribution in [3.63, 3.8) is 0 Å². The molecule has 6 heteroatoms. The molecule has 0 spiro atoms. The minimum atomic E-state index is -0.505. The molecule has 0 saturated heterocycles. The summed E-state index contributed by atoms with van der Waals surface area (Å²) in [5, 5.41) is 2.54. The predicted octanol–water partition coefficient (Wildman–Crippen LogP) is 3.01. The summed E-state index contributed by atoms with van der Waals surface area (Å²) in [6.45, 7) is 1.91. The summed E-state index contributed by atoms with van der Waals surface area (Å²) in [4.78, 5) is 15.7. The van der Waals surface area contributed by atoms with Gasteiger partial charge in [-0.05, 0) is 25.1 Å². The van der Waals surface area contributed by atoms with Gasteiger partial charge in [0.05, 0.1) is 24.0 Å². The van der Waals surface area contributed by atoms with E-state index < -0.39 is 11.8 Å². The van der Waals surface area contributed by atoms with Crippen LogP contribution in [0.4, 0.5) is 10.1 Å². The Labute approximate surface area is 132 Å². The van der Waals surface area contributed by atoms with Gasteiger partial charge >= 0.3 is 5.97 Å². The number of halogens is 1. The van der Waals surface area contributed by atoms with Crippen LogP contribution >= 0.6 is 0 Å². The highest BCUT2D eigenvalue weighted by atomic mass is 19.1. The number of ether oxygens (including phenoxy) is 1. The summed E-state index contributed by atoms with van der Waals surface area (Å²) < 4.78 is 21.0. The van der Waals surface area contributed by atoms with Crippen molar-refractivity contribution in [2.24, 2.45) is 0 Å². The van der Waals surface area contributed by atoms with Crippen molar-refractivity contribution >= 4 is 22.6 Å². The molecule has 118 valence electrons. The molecule has 0 amide bonds. The molecule has 0 saturated carbocycles. The van der Waals surface area contributed by atoms with E-state index in [1.165, 1.54) is 17.3 Å². The minimum Gasteiger partial charge on any atom is -0.465 e. The molecule has 0 atom stereocenters. The number of hydrogen-bond acceptors (Lipinski definition) is 4. The summed E-state index contributed by atoms with van der Waals surface area (Å²) >= 11 is 0. The van der Waals surface area contributed by atoms with Gasteiger partial charge in [-0.15, -0.1) is 0 Å². The first-order valence-corrected chi connectivity index (χ1v) is 7.29. The van der Waals surface area contributed by atoms with Gasteiger partial charge in [-0.2, -0.15) is 0 Å². The Kier molecular flexibility index (Phi) is 4.23. The second kappa shape index (κ2) is 6.48. The Morgan fingerprint density at radius 1 is 1.30 bits per heavy atom. The average Bonchev–Trinajstić information content (AvgIpc) is 2.98. The third-order valence-electron chi connectivity index (χ3n) is 3.45. The van der Waals surface area contributed by atoms with Gasteiger partial charge in [0.25, 0.3) is 0 Å². The maximum Gasteiger partial charge on any atom is 0.327 e. The summed E-state index contributed by atoms with van der Waals surface area (Å²) in [5.41, 5.74) is 1.13. The number of fused-ring (bicyclic) bond motifs is 1. The van der Waals surface area contributed by atoms with Crippen LogP contribution in [0.25, 0.3) is 10.9 Å². The Bertz CT molecular complexity index is 831. The number of nitrogens with zero attached hydrogens (tertiary/aromatic N) is 3. The molecule has 23 heavy (non-hydrogen) atoms. The number of aromatic nitrogens is 2. The zero-order chi connectivity index (χ0) is 16.2. The van der Waals surface area contributed by atoms with Crippen LogP contribution in [0.3, 0.4) is 0 Å². The van der Waals surface area contributed by atoms with Crippen LogP contribution in [-0.4, -0.2) is 28.8 Å². The van der Waals surface area contributed by atoms with Crippen molar-refractivity contribution < 1.29 is 13.9 Å². The lowest BCUT2D eigenvalue weighted by Crippen LogP contribution is -2.35. The predicted molar refractivity (Wildman–Crippen MR) is 85.5 cm³/mol. The largest absolute Gasteiger partial charge is 0.465 e. The fourth-order valence-electron chi connectivity index (χ4n) is 2.46. The Balaban J connectivity index is 2.08. The van der Waals surface area contributed by atoms with Gasteiger partial charge in [0.15, 0.2) is 5.82 Å². The van der Waals surface area contributed by atoms with Gasteiger partial charge in [0.1, 0.15) is 6.54 Å². The normalized spacial score (nSPS) is 10.7. The SMILES string of the molecule is CCOC(=O)CN(c1ccncc1F)n1ccc2ccccc21. The molecular weight excluding hydrogens is 297 g/mol. The molecule has 3 aromatic rings. The number of anilines is 1. The summed E-state index contributed by atoms with van der Waals surface area (Å²) in [6, 6.07) is 11.1. The summed E-state index contributed by atoms with van der Waals surface area (Å²) in [5.74, 6) is -0.934. The smallest absolute Gasteiger partial charge is 0.327 e. The van der Waals surface area contributed by atoms with Crippen LogP contribution < -0.4 is 5.01 Å². The first-order chi connectivity index (χ1) is 11.2. The van der Waals surface area contributed by atoms with E-state index in [9.17, 15) is 9.18 Å².